The highest BCUT2D eigenvalue weighted by Crippen LogP contribution is 2.29. The van der Waals surface area contributed by atoms with Crippen molar-refractivity contribution < 1.29 is 23.8 Å². The van der Waals surface area contributed by atoms with Crippen LogP contribution in [0.4, 0.5) is 11.4 Å². The van der Waals surface area contributed by atoms with Gasteiger partial charge < -0.3 is 24.8 Å². The van der Waals surface area contributed by atoms with Crippen molar-refractivity contribution in [1.82, 2.24) is 0 Å². The van der Waals surface area contributed by atoms with E-state index in [1.165, 1.54) is 18.9 Å². The summed E-state index contributed by atoms with van der Waals surface area (Å²) in [5.41, 5.74) is 1.77. The third-order valence-electron chi connectivity index (χ3n) is 4.78. The van der Waals surface area contributed by atoms with Gasteiger partial charge in [-0.1, -0.05) is 6.07 Å². The summed E-state index contributed by atoms with van der Waals surface area (Å²) >= 11 is 1.40. The van der Waals surface area contributed by atoms with E-state index in [9.17, 15) is 9.59 Å². The van der Waals surface area contributed by atoms with Gasteiger partial charge in [-0.25, -0.2) is 0 Å². The number of hydrogen-bond acceptors (Lipinski definition) is 6. The van der Waals surface area contributed by atoms with E-state index in [1.54, 1.807) is 62.8 Å². The molecule has 2 N–H and O–H groups in total. The second-order valence-electron chi connectivity index (χ2n) is 7.03. The molecular formula is C25H26N2O5S. The van der Waals surface area contributed by atoms with E-state index in [4.69, 9.17) is 14.2 Å². The fraction of sp³-hybridized carbons (Fsp3) is 0.200. The standard InChI is InChI=1S/C25H26N2O5S/c1-16(24(28)26-18-9-11-20(30-2)12-10-18)33-21-7-5-6-19(15-21)27-25(29)17-8-13-22(31-3)23(14-17)32-4/h5-16H,1-4H3,(H,26,28)(H,27,29). The molecule has 0 aliphatic heterocycles. The van der Waals surface area contributed by atoms with E-state index in [2.05, 4.69) is 10.6 Å². The van der Waals surface area contributed by atoms with Gasteiger partial charge in [-0.05, 0) is 67.6 Å². The number of anilines is 2. The monoisotopic (exact) mass is 466 g/mol. The van der Waals surface area contributed by atoms with E-state index in [0.29, 0.717) is 28.4 Å². The van der Waals surface area contributed by atoms with Gasteiger partial charge in [-0.2, -0.15) is 0 Å². The summed E-state index contributed by atoms with van der Waals surface area (Å²) in [6, 6.07) is 19.5. The number of carbonyl (C=O) groups is 2. The van der Waals surface area contributed by atoms with Crippen LogP contribution in [0.1, 0.15) is 17.3 Å². The minimum absolute atomic E-state index is 0.120. The van der Waals surface area contributed by atoms with E-state index >= 15 is 0 Å². The molecule has 0 aromatic heterocycles. The van der Waals surface area contributed by atoms with Crippen LogP contribution in [0.3, 0.4) is 0 Å². The van der Waals surface area contributed by atoms with Crippen LogP contribution in [0.5, 0.6) is 17.2 Å². The number of amides is 2. The predicted molar refractivity (Wildman–Crippen MR) is 131 cm³/mol. The van der Waals surface area contributed by atoms with Crippen LogP contribution in [0.15, 0.2) is 71.6 Å². The Hall–Kier alpha value is -3.65. The molecule has 0 heterocycles. The van der Waals surface area contributed by atoms with Gasteiger partial charge in [0.25, 0.3) is 5.91 Å². The van der Waals surface area contributed by atoms with Crippen LogP contribution in [0.2, 0.25) is 0 Å². The maximum atomic E-state index is 12.7. The lowest BCUT2D eigenvalue weighted by Gasteiger charge is -2.14. The predicted octanol–water partition coefficient (Wildman–Crippen LogP) is 5.08. The number of thioether (sulfide) groups is 1. The van der Waals surface area contributed by atoms with Crippen molar-refractivity contribution in [3.63, 3.8) is 0 Å². The lowest BCUT2D eigenvalue weighted by Crippen LogP contribution is -2.22. The summed E-state index contributed by atoms with van der Waals surface area (Å²) in [7, 11) is 4.65. The normalized spacial score (nSPS) is 11.3. The molecule has 0 bridgehead atoms. The lowest BCUT2D eigenvalue weighted by molar-refractivity contribution is -0.115. The van der Waals surface area contributed by atoms with Crippen LogP contribution in [0.25, 0.3) is 0 Å². The first-order chi connectivity index (χ1) is 15.9. The Bertz CT molecular complexity index is 1120. The second-order valence-corrected chi connectivity index (χ2v) is 8.44. The maximum absolute atomic E-state index is 12.7. The maximum Gasteiger partial charge on any atom is 0.255 e. The average Bonchev–Trinajstić information content (AvgIpc) is 2.84. The van der Waals surface area contributed by atoms with Crippen molar-refractivity contribution in [2.24, 2.45) is 0 Å². The number of rotatable bonds is 9. The molecule has 0 spiro atoms. The van der Waals surface area contributed by atoms with Crippen molar-refractivity contribution >= 4 is 35.0 Å². The molecule has 3 aromatic carbocycles. The molecule has 1 unspecified atom stereocenters. The summed E-state index contributed by atoms with van der Waals surface area (Å²) in [6.45, 7) is 1.83. The van der Waals surface area contributed by atoms with Gasteiger partial charge in [0.1, 0.15) is 5.75 Å². The van der Waals surface area contributed by atoms with E-state index in [1.807, 2.05) is 25.1 Å². The summed E-state index contributed by atoms with van der Waals surface area (Å²) in [4.78, 5) is 26.1. The molecule has 172 valence electrons. The Labute approximate surface area is 197 Å². The first kappa shape index (κ1) is 24.0. The van der Waals surface area contributed by atoms with E-state index < -0.39 is 0 Å². The van der Waals surface area contributed by atoms with Crippen molar-refractivity contribution in [2.75, 3.05) is 32.0 Å². The Morgan fingerprint density at radius 3 is 2.18 bits per heavy atom. The summed E-state index contributed by atoms with van der Waals surface area (Å²) in [5.74, 6) is 1.36. The Morgan fingerprint density at radius 1 is 0.788 bits per heavy atom. The molecule has 0 radical (unpaired) electrons. The highest BCUT2D eigenvalue weighted by molar-refractivity contribution is 8.00. The Morgan fingerprint density at radius 2 is 1.52 bits per heavy atom. The first-order valence-electron chi connectivity index (χ1n) is 10.2. The third-order valence-corrected chi connectivity index (χ3v) is 5.87. The van der Waals surface area contributed by atoms with Gasteiger partial charge >= 0.3 is 0 Å². The number of benzene rings is 3. The van der Waals surface area contributed by atoms with Crippen molar-refractivity contribution in [1.29, 1.82) is 0 Å². The van der Waals surface area contributed by atoms with E-state index in [0.717, 1.165) is 10.6 Å². The molecule has 0 saturated carbocycles. The Balaban J connectivity index is 1.62. The van der Waals surface area contributed by atoms with Crippen molar-refractivity contribution in [2.45, 2.75) is 17.1 Å². The third kappa shape index (κ3) is 6.43. The largest absolute Gasteiger partial charge is 0.497 e. The van der Waals surface area contributed by atoms with Crippen LogP contribution in [-0.2, 0) is 4.79 Å². The minimum Gasteiger partial charge on any atom is -0.497 e. The fourth-order valence-corrected chi connectivity index (χ4v) is 3.93. The van der Waals surface area contributed by atoms with Gasteiger partial charge in [-0.15, -0.1) is 11.8 Å². The molecule has 0 saturated heterocycles. The highest BCUT2D eigenvalue weighted by Gasteiger charge is 2.16. The zero-order valence-corrected chi connectivity index (χ0v) is 19.7. The molecular weight excluding hydrogens is 440 g/mol. The molecule has 2 amide bonds. The quantitative estimate of drug-likeness (QED) is 0.428. The van der Waals surface area contributed by atoms with E-state index in [-0.39, 0.29) is 17.1 Å². The minimum atomic E-state index is -0.344. The lowest BCUT2D eigenvalue weighted by atomic mass is 10.2. The number of ether oxygens (including phenoxy) is 3. The molecule has 3 rings (SSSR count). The Kier molecular flexibility index (Phi) is 8.21. The topological polar surface area (TPSA) is 85.9 Å². The van der Waals surface area contributed by atoms with Crippen LogP contribution < -0.4 is 24.8 Å². The van der Waals surface area contributed by atoms with Gasteiger partial charge in [0.15, 0.2) is 11.5 Å². The smallest absolute Gasteiger partial charge is 0.255 e. The molecule has 1 atom stereocenters. The molecule has 8 heteroatoms. The number of hydrogen-bond donors (Lipinski definition) is 2. The fourth-order valence-electron chi connectivity index (χ4n) is 3.00. The van der Waals surface area contributed by atoms with Crippen LogP contribution in [0, 0.1) is 0 Å². The van der Waals surface area contributed by atoms with Crippen molar-refractivity contribution in [3.05, 3.63) is 72.3 Å². The van der Waals surface area contributed by atoms with Gasteiger partial charge in [0.05, 0.1) is 26.6 Å². The zero-order valence-electron chi connectivity index (χ0n) is 18.9. The average molecular weight is 467 g/mol. The molecule has 0 aliphatic carbocycles. The molecule has 3 aromatic rings. The van der Waals surface area contributed by atoms with Crippen LogP contribution in [-0.4, -0.2) is 38.4 Å². The second kappa shape index (κ2) is 11.3. The summed E-state index contributed by atoms with van der Waals surface area (Å²) < 4.78 is 15.6. The summed E-state index contributed by atoms with van der Waals surface area (Å²) in [5, 5.41) is 5.43. The molecule has 7 nitrogen and oxygen atoms in total. The molecule has 0 fully saturated rings. The number of carbonyl (C=O) groups excluding carboxylic acids is 2. The molecule has 33 heavy (non-hydrogen) atoms. The number of nitrogens with one attached hydrogen (secondary N) is 2. The van der Waals surface area contributed by atoms with Crippen LogP contribution >= 0.6 is 11.8 Å². The van der Waals surface area contributed by atoms with Gasteiger partial charge in [0.2, 0.25) is 5.91 Å². The summed E-state index contributed by atoms with van der Waals surface area (Å²) in [6.07, 6.45) is 0. The van der Waals surface area contributed by atoms with Gasteiger partial charge in [-0.3, -0.25) is 9.59 Å². The zero-order chi connectivity index (χ0) is 23.8. The SMILES string of the molecule is COc1ccc(NC(=O)C(C)Sc2cccc(NC(=O)c3ccc(OC)c(OC)c3)c2)cc1. The first-order valence-corrected chi connectivity index (χ1v) is 11.1. The van der Waals surface area contributed by atoms with Crippen molar-refractivity contribution in [3.8, 4) is 17.2 Å². The van der Waals surface area contributed by atoms with Gasteiger partial charge in [0, 0.05) is 21.8 Å². The number of methoxy groups -OCH3 is 3. The molecule has 0 aliphatic rings. The highest BCUT2D eigenvalue weighted by atomic mass is 32.2.